The first kappa shape index (κ1) is 20.4. The van der Waals surface area contributed by atoms with E-state index in [1.807, 2.05) is 0 Å². The van der Waals surface area contributed by atoms with Crippen LogP contribution in [0.3, 0.4) is 0 Å². The summed E-state index contributed by atoms with van der Waals surface area (Å²) in [4.78, 5) is 35.3. The highest BCUT2D eigenvalue weighted by Crippen LogP contribution is 2.21. The van der Waals surface area contributed by atoms with Crippen molar-refractivity contribution in [3.8, 4) is 0 Å². The smallest absolute Gasteiger partial charge is 0.407 e. The van der Waals surface area contributed by atoms with Crippen LogP contribution in [-0.4, -0.2) is 47.2 Å². The average molecular weight is 316 g/mol. The van der Waals surface area contributed by atoms with E-state index in [2.05, 4.69) is 10.6 Å². The first-order valence-corrected chi connectivity index (χ1v) is 7.23. The SMILES string of the molecule is CC(=O)C(CO)NC(=O)C(C)(C)C(C)NC(=O)OC(C)(C)C. The van der Waals surface area contributed by atoms with Crippen LogP contribution in [-0.2, 0) is 14.3 Å². The number of ketones is 1. The van der Waals surface area contributed by atoms with E-state index in [1.54, 1.807) is 41.5 Å². The van der Waals surface area contributed by atoms with E-state index in [9.17, 15) is 14.4 Å². The molecule has 0 aliphatic heterocycles. The summed E-state index contributed by atoms with van der Waals surface area (Å²) in [6.45, 7) is 11.0. The van der Waals surface area contributed by atoms with Crippen LogP contribution >= 0.6 is 0 Å². The highest BCUT2D eigenvalue weighted by Gasteiger charge is 2.37. The number of ether oxygens (including phenoxy) is 1. The number of carbonyl (C=O) groups is 3. The second-order valence-electron chi connectivity index (χ2n) is 6.91. The van der Waals surface area contributed by atoms with Crippen molar-refractivity contribution in [2.24, 2.45) is 5.41 Å². The number of hydrogen-bond acceptors (Lipinski definition) is 5. The van der Waals surface area contributed by atoms with Gasteiger partial charge in [0, 0.05) is 6.04 Å². The van der Waals surface area contributed by atoms with Gasteiger partial charge in [-0.05, 0) is 48.5 Å². The zero-order valence-corrected chi connectivity index (χ0v) is 14.4. The maximum absolute atomic E-state index is 12.3. The molecule has 0 saturated carbocycles. The predicted octanol–water partition coefficient (Wildman–Crippen LogP) is 0.992. The molecule has 0 aromatic heterocycles. The maximum atomic E-state index is 12.3. The number of aliphatic hydroxyl groups is 1. The Kier molecular flexibility index (Phi) is 7.02. The van der Waals surface area contributed by atoms with Crippen molar-refractivity contribution >= 4 is 17.8 Å². The van der Waals surface area contributed by atoms with Gasteiger partial charge in [-0.1, -0.05) is 0 Å². The summed E-state index contributed by atoms with van der Waals surface area (Å²) in [5, 5.41) is 14.2. The monoisotopic (exact) mass is 316 g/mol. The molecular formula is C15H28N2O5. The lowest BCUT2D eigenvalue weighted by atomic mass is 9.84. The van der Waals surface area contributed by atoms with E-state index in [4.69, 9.17) is 9.84 Å². The topological polar surface area (TPSA) is 105 Å². The molecule has 0 saturated heterocycles. The molecule has 7 heteroatoms. The highest BCUT2D eigenvalue weighted by molar-refractivity contribution is 5.90. The fourth-order valence-corrected chi connectivity index (χ4v) is 1.48. The third-order valence-corrected chi connectivity index (χ3v) is 3.38. The molecule has 0 radical (unpaired) electrons. The predicted molar refractivity (Wildman–Crippen MR) is 82.3 cm³/mol. The molecule has 2 amide bonds. The molecule has 0 aromatic rings. The van der Waals surface area contributed by atoms with Gasteiger partial charge in [-0.2, -0.15) is 0 Å². The Bertz CT molecular complexity index is 426. The number of alkyl carbamates (subject to hydrolysis) is 1. The van der Waals surface area contributed by atoms with Crippen LogP contribution in [0.5, 0.6) is 0 Å². The van der Waals surface area contributed by atoms with Crippen LogP contribution in [0.1, 0.15) is 48.5 Å². The van der Waals surface area contributed by atoms with Crippen LogP contribution < -0.4 is 10.6 Å². The zero-order valence-electron chi connectivity index (χ0n) is 14.4. The van der Waals surface area contributed by atoms with Gasteiger partial charge in [0.1, 0.15) is 11.6 Å². The molecule has 0 aliphatic rings. The average Bonchev–Trinajstić information content (AvgIpc) is 2.32. The Labute approximate surface area is 131 Å². The van der Waals surface area contributed by atoms with Gasteiger partial charge in [-0.25, -0.2) is 4.79 Å². The van der Waals surface area contributed by atoms with Crippen LogP contribution in [0.2, 0.25) is 0 Å². The normalized spacial score (nSPS) is 14.7. The summed E-state index contributed by atoms with van der Waals surface area (Å²) in [6, 6.07) is -1.48. The zero-order chi connectivity index (χ0) is 17.7. The van der Waals surface area contributed by atoms with Gasteiger partial charge < -0.3 is 20.5 Å². The molecule has 2 unspecified atom stereocenters. The molecule has 2 atom stereocenters. The largest absolute Gasteiger partial charge is 0.444 e. The van der Waals surface area contributed by atoms with Crippen molar-refractivity contribution < 1.29 is 24.2 Å². The Balaban J connectivity index is 4.80. The summed E-state index contributed by atoms with van der Waals surface area (Å²) >= 11 is 0. The standard InChI is InChI=1S/C15H28N2O5/c1-9(19)11(8-18)17-12(20)15(6,7)10(2)16-13(21)22-14(3,4)5/h10-11,18H,8H2,1-7H3,(H,16,21)(H,17,20). The van der Waals surface area contributed by atoms with Crippen LogP contribution in [0, 0.1) is 5.41 Å². The van der Waals surface area contributed by atoms with E-state index >= 15 is 0 Å². The molecule has 3 N–H and O–H groups in total. The quantitative estimate of drug-likeness (QED) is 0.678. The third-order valence-electron chi connectivity index (χ3n) is 3.38. The van der Waals surface area contributed by atoms with Crippen molar-refractivity contribution in [1.29, 1.82) is 0 Å². The van der Waals surface area contributed by atoms with Crippen LogP contribution in [0.15, 0.2) is 0 Å². The minimum absolute atomic E-state index is 0.334. The molecule has 128 valence electrons. The number of carbonyl (C=O) groups excluding carboxylic acids is 3. The van der Waals surface area contributed by atoms with Crippen LogP contribution in [0.4, 0.5) is 4.79 Å². The van der Waals surface area contributed by atoms with Crippen molar-refractivity contribution in [2.75, 3.05) is 6.61 Å². The number of nitrogens with one attached hydrogen (secondary N) is 2. The van der Waals surface area contributed by atoms with Gasteiger partial charge >= 0.3 is 6.09 Å². The third kappa shape index (κ3) is 6.43. The van der Waals surface area contributed by atoms with Gasteiger partial charge in [0.2, 0.25) is 5.91 Å². The van der Waals surface area contributed by atoms with Gasteiger partial charge in [0.05, 0.1) is 12.0 Å². The molecule has 0 aromatic carbocycles. The number of amides is 2. The van der Waals surface area contributed by atoms with Crippen molar-refractivity contribution in [3.63, 3.8) is 0 Å². The molecule has 0 rings (SSSR count). The summed E-state index contributed by atoms with van der Waals surface area (Å²) < 4.78 is 5.15. The minimum atomic E-state index is -0.986. The van der Waals surface area contributed by atoms with E-state index in [0.717, 1.165) is 0 Å². The van der Waals surface area contributed by atoms with Gasteiger partial charge in [-0.15, -0.1) is 0 Å². The Morgan fingerprint density at radius 3 is 1.95 bits per heavy atom. The van der Waals surface area contributed by atoms with Crippen LogP contribution in [0.25, 0.3) is 0 Å². The Morgan fingerprint density at radius 2 is 1.59 bits per heavy atom. The fourth-order valence-electron chi connectivity index (χ4n) is 1.48. The molecule has 0 bridgehead atoms. The number of rotatable bonds is 6. The van der Waals surface area contributed by atoms with Crippen molar-refractivity contribution in [1.82, 2.24) is 10.6 Å². The highest BCUT2D eigenvalue weighted by atomic mass is 16.6. The molecule has 0 heterocycles. The van der Waals surface area contributed by atoms with E-state index < -0.39 is 41.7 Å². The summed E-state index contributed by atoms with van der Waals surface area (Å²) in [5.41, 5.74) is -1.62. The number of aliphatic hydroxyl groups excluding tert-OH is 1. The summed E-state index contributed by atoms with van der Waals surface area (Å²) in [6.07, 6.45) is -0.619. The maximum Gasteiger partial charge on any atom is 0.407 e. The number of hydrogen-bond donors (Lipinski definition) is 3. The lowest BCUT2D eigenvalue weighted by Gasteiger charge is -2.32. The molecule has 0 aliphatic carbocycles. The lowest BCUT2D eigenvalue weighted by molar-refractivity contribution is -0.134. The molecule has 0 fully saturated rings. The second kappa shape index (κ2) is 7.58. The molecular weight excluding hydrogens is 288 g/mol. The molecule has 7 nitrogen and oxygen atoms in total. The summed E-state index contributed by atoms with van der Waals surface area (Å²) in [5.74, 6) is -0.773. The van der Waals surface area contributed by atoms with Gasteiger partial charge in [0.15, 0.2) is 5.78 Å². The fraction of sp³-hybridized carbons (Fsp3) is 0.800. The van der Waals surface area contributed by atoms with Crippen molar-refractivity contribution in [2.45, 2.75) is 66.2 Å². The minimum Gasteiger partial charge on any atom is -0.444 e. The lowest BCUT2D eigenvalue weighted by Crippen LogP contribution is -2.55. The van der Waals surface area contributed by atoms with E-state index in [1.165, 1.54) is 6.92 Å². The number of Topliss-reactive ketones (excluding diaryl/α,β-unsaturated/α-hetero) is 1. The second-order valence-corrected chi connectivity index (χ2v) is 6.91. The first-order chi connectivity index (χ1) is 9.81. The Hall–Kier alpha value is -1.63. The van der Waals surface area contributed by atoms with Gasteiger partial charge in [-0.3, -0.25) is 9.59 Å². The molecule has 0 spiro atoms. The summed E-state index contributed by atoms with van der Waals surface area (Å²) in [7, 11) is 0. The first-order valence-electron chi connectivity index (χ1n) is 7.23. The Morgan fingerprint density at radius 1 is 1.09 bits per heavy atom. The molecule has 22 heavy (non-hydrogen) atoms. The van der Waals surface area contributed by atoms with Gasteiger partial charge in [0.25, 0.3) is 0 Å². The van der Waals surface area contributed by atoms with Crippen molar-refractivity contribution in [3.05, 3.63) is 0 Å². The van der Waals surface area contributed by atoms with E-state index in [0.29, 0.717) is 0 Å². The van der Waals surface area contributed by atoms with E-state index in [-0.39, 0.29) is 5.78 Å².